The van der Waals surface area contributed by atoms with Gasteiger partial charge in [0.15, 0.2) is 0 Å². The smallest absolute Gasteiger partial charge is 0.346 e. The SMILES string of the molecule is CCCCC=COC(=O)c1cccc(C)c1O. The molecule has 92 valence electrons. The van der Waals surface area contributed by atoms with Gasteiger partial charge >= 0.3 is 5.97 Å². The van der Waals surface area contributed by atoms with Gasteiger partial charge in [-0.05, 0) is 37.5 Å². The van der Waals surface area contributed by atoms with Crippen LogP contribution in [0.25, 0.3) is 0 Å². The van der Waals surface area contributed by atoms with Crippen molar-refractivity contribution >= 4 is 5.97 Å². The highest BCUT2D eigenvalue weighted by atomic mass is 16.5. The van der Waals surface area contributed by atoms with E-state index >= 15 is 0 Å². The Bertz CT molecular complexity index is 408. The summed E-state index contributed by atoms with van der Waals surface area (Å²) in [6.45, 7) is 3.84. The Hall–Kier alpha value is -1.77. The highest BCUT2D eigenvalue weighted by Crippen LogP contribution is 2.22. The van der Waals surface area contributed by atoms with Gasteiger partial charge in [-0.25, -0.2) is 4.79 Å². The number of ether oxygens (including phenoxy) is 1. The van der Waals surface area contributed by atoms with Crippen LogP contribution in [0, 0.1) is 6.92 Å². The number of esters is 1. The molecule has 0 saturated heterocycles. The Kier molecular flexibility index (Phi) is 5.27. The number of carbonyl (C=O) groups is 1. The van der Waals surface area contributed by atoms with Crippen LogP contribution in [0.2, 0.25) is 0 Å². The van der Waals surface area contributed by atoms with Gasteiger partial charge in [0.25, 0.3) is 0 Å². The fourth-order valence-corrected chi connectivity index (χ4v) is 1.39. The van der Waals surface area contributed by atoms with E-state index < -0.39 is 5.97 Å². The molecule has 0 atom stereocenters. The lowest BCUT2D eigenvalue weighted by Crippen LogP contribution is -2.01. The maximum atomic E-state index is 11.6. The van der Waals surface area contributed by atoms with Gasteiger partial charge in [0.05, 0.1) is 6.26 Å². The Morgan fingerprint density at radius 1 is 1.47 bits per heavy atom. The molecule has 0 spiro atoms. The van der Waals surface area contributed by atoms with Gasteiger partial charge in [0.2, 0.25) is 0 Å². The zero-order chi connectivity index (χ0) is 12.7. The van der Waals surface area contributed by atoms with Crippen LogP contribution in [0.5, 0.6) is 5.75 Å². The van der Waals surface area contributed by atoms with Gasteiger partial charge < -0.3 is 9.84 Å². The third-order valence-electron chi connectivity index (χ3n) is 2.45. The predicted molar refractivity (Wildman–Crippen MR) is 66.9 cm³/mol. The van der Waals surface area contributed by atoms with E-state index in [4.69, 9.17) is 4.74 Å². The molecule has 1 N–H and O–H groups in total. The summed E-state index contributed by atoms with van der Waals surface area (Å²) < 4.78 is 4.93. The number of unbranched alkanes of at least 4 members (excludes halogenated alkanes) is 2. The second-order valence-electron chi connectivity index (χ2n) is 3.89. The van der Waals surface area contributed by atoms with Crippen molar-refractivity contribution < 1.29 is 14.6 Å². The van der Waals surface area contributed by atoms with Crippen molar-refractivity contribution in [1.29, 1.82) is 0 Å². The minimum Gasteiger partial charge on any atom is -0.507 e. The minimum atomic E-state index is -0.529. The molecule has 0 fully saturated rings. The van der Waals surface area contributed by atoms with Crippen LogP contribution in [0.15, 0.2) is 30.5 Å². The quantitative estimate of drug-likeness (QED) is 0.481. The van der Waals surface area contributed by atoms with Crippen molar-refractivity contribution in [3.63, 3.8) is 0 Å². The Morgan fingerprint density at radius 3 is 2.94 bits per heavy atom. The standard InChI is InChI=1S/C14H18O3/c1-3-4-5-6-10-17-14(16)12-9-7-8-11(2)13(12)15/h6-10,15H,3-5H2,1-2H3. The summed E-state index contributed by atoms with van der Waals surface area (Å²) in [4.78, 5) is 11.6. The van der Waals surface area contributed by atoms with Crippen molar-refractivity contribution in [3.05, 3.63) is 41.7 Å². The first kappa shape index (κ1) is 13.3. The molecule has 1 rings (SSSR count). The van der Waals surface area contributed by atoms with E-state index in [1.165, 1.54) is 6.26 Å². The molecule has 3 heteroatoms. The highest BCUT2D eigenvalue weighted by Gasteiger charge is 2.12. The Labute approximate surface area is 102 Å². The van der Waals surface area contributed by atoms with Crippen molar-refractivity contribution in [1.82, 2.24) is 0 Å². The molecule has 17 heavy (non-hydrogen) atoms. The number of hydrogen-bond acceptors (Lipinski definition) is 3. The molecule has 0 unspecified atom stereocenters. The van der Waals surface area contributed by atoms with Crippen molar-refractivity contribution in [3.8, 4) is 5.75 Å². The summed E-state index contributed by atoms with van der Waals surface area (Å²) in [5.74, 6) is -0.543. The number of carbonyl (C=O) groups excluding carboxylic acids is 1. The van der Waals surface area contributed by atoms with Crippen LogP contribution >= 0.6 is 0 Å². The van der Waals surface area contributed by atoms with Crippen LogP contribution in [-0.4, -0.2) is 11.1 Å². The number of phenols is 1. The normalized spacial score (nSPS) is 10.7. The van der Waals surface area contributed by atoms with E-state index in [2.05, 4.69) is 6.92 Å². The summed E-state index contributed by atoms with van der Waals surface area (Å²) >= 11 is 0. The number of phenolic OH excluding ortho intramolecular Hbond substituents is 1. The second-order valence-corrected chi connectivity index (χ2v) is 3.89. The number of aromatic hydroxyl groups is 1. The molecule has 0 aromatic heterocycles. The first-order valence-electron chi connectivity index (χ1n) is 5.81. The highest BCUT2D eigenvalue weighted by molar-refractivity contribution is 5.93. The van der Waals surface area contributed by atoms with E-state index in [1.807, 2.05) is 6.08 Å². The molecule has 0 saturated carbocycles. The molecule has 3 nitrogen and oxygen atoms in total. The monoisotopic (exact) mass is 234 g/mol. The minimum absolute atomic E-state index is 0.0144. The summed E-state index contributed by atoms with van der Waals surface area (Å²) in [6.07, 6.45) is 6.28. The molecular formula is C14H18O3. The van der Waals surface area contributed by atoms with Gasteiger partial charge in [0.1, 0.15) is 11.3 Å². The second kappa shape index (κ2) is 6.74. The molecule has 0 bridgehead atoms. The maximum Gasteiger partial charge on any atom is 0.346 e. The lowest BCUT2D eigenvalue weighted by molar-refractivity contribution is 0.0659. The van der Waals surface area contributed by atoms with E-state index in [1.54, 1.807) is 25.1 Å². The van der Waals surface area contributed by atoms with Crippen LogP contribution in [0.1, 0.15) is 42.1 Å². The average Bonchev–Trinajstić information content (AvgIpc) is 2.32. The van der Waals surface area contributed by atoms with E-state index in [9.17, 15) is 9.90 Å². The fraction of sp³-hybridized carbons (Fsp3) is 0.357. The molecule has 0 aliphatic heterocycles. The Morgan fingerprint density at radius 2 is 2.24 bits per heavy atom. The van der Waals surface area contributed by atoms with Crippen molar-refractivity contribution in [2.75, 3.05) is 0 Å². The van der Waals surface area contributed by atoms with Gasteiger partial charge in [-0.15, -0.1) is 0 Å². The summed E-state index contributed by atoms with van der Waals surface area (Å²) in [5.41, 5.74) is 0.861. The van der Waals surface area contributed by atoms with Gasteiger partial charge in [-0.1, -0.05) is 25.5 Å². The van der Waals surface area contributed by atoms with Crippen LogP contribution in [0.3, 0.4) is 0 Å². The van der Waals surface area contributed by atoms with E-state index in [0.29, 0.717) is 5.56 Å². The third kappa shape index (κ3) is 3.94. The molecule has 1 aromatic carbocycles. The zero-order valence-corrected chi connectivity index (χ0v) is 10.3. The number of allylic oxidation sites excluding steroid dienone is 1. The number of rotatable bonds is 5. The molecular weight excluding hydrogens is 216 g/mol. The topological polar surface area (TPSA) is 46.5 Å². The number of benzene rings is 1. The Balaban J connectivity index is 2.58. The molecule has 1 aromatic rings. The van der Waals surface area contributed by atoms with Crippen LogP contribution < -0.4 is 0 Å². The van der Waals surface area contributed by atoms with Crippen LogP contribution in [-0.2, 0) is 4.74 Å². The first-order chi connectivity index (χ1) is 8.16. The lowest BCUT2D eigenvalue weighted by atomic mass is 10.1. The molecule has 0 amide bonds. The third-order valence-corrected chi connectivity index (χ3v) is 2.45. The number of para-hydroxylation sites is 1. The molecule has 0 aliphatic carbocycles. The van der Waals surface area contributed by atoms with Crippen molar-refractivity contribution in [2.45, 2.75) is 33.1 Å². The lowest BCUT2D eigenvalue weighted by Gasteiger charge is -2.04. The average molecular weight is 234 g/mol. The van der Waals surface area contributed by atoms with Gasteiger partial charge in [-0.3, -0.25) is 0 Å². The summed E-state index contributed by atoms with van der Waals surface area (Å²) in [5, 5.41) is 9.68. The zero-order valence-electron chi connectivity index (χ0n) is 10.3. The maximum absolute atomic E-state index is 11.6. The largest absolute Gasteiger partial charge is 0.507 e. The number of aryl methyl sites for hydroxylation is 1. The van der Waals surface area contributed by atoms with Crippen molar-refractivity contribution in [2.24, 2.45) is 0 Å². The van der Waals surface area contributed by atoms with Gasteiger partial charge in [0, 0.05) is 0 Å². The summed E-state index contributed by atoms with van der Waals surface area (Å²) in [6, 6.07) is 5.00. The van der Waals surface area contributed by atoms with E-state index in [0.717, 1.165) is 19.3 Å². The first-order valence-corrected chi connectivity index (χ1v) is 5.81. The number of hydrogen-bond donors (Lipinski definition) is 1. The van der Waals surface area contributed by atoms with Gasteiger partial charge in [-0.2, -0.15) is 0 Å². The molecule has 0 radical (unpaired) electrons. The molecule has 0 heterocycles. The van der Waals surface area contributed by atoms with Crippen LogP contribution in [0.4, 0.5) is 0 Å². The fourth-order valence-electron chi connectivity index (χ4n) is 1.39. The summed E-state index contributed by atoms with van der Waals surface area (Å²) in [7, 11) is 0. The predicted octanol–water partition coefficient (Wildman–Crippen LogP) is 3.56. The molecule has 0 aliphatic rings. The van der Waals surface area contributed by atoms with E-state index in [-0.39, 0.29) is 11.3 Å².